The predicted molar refractivity (Wildman–Crippen MR) is 62.4 cm³/mol. The van der Waals surface area contributed by atoms with E-state index in [9.17, 15) is 9.18 Å². The normalized spacial score (nSPS) is 13.3. The summed E-state index contributed by atoms with van der Waals surface area (Å²) >= 11 is 0. The molecule has 0 unspecified atom stereocenters. The van der Waals surface area contributed by atoms with Crippen LogP contribution in [0.3, 0.4) is 0 Å². The lowest BCUT2D eigenvalue weighted by Crippen LogP contribution is -2.36. The fourth-order valence-corrected chi connectivity index (χ4v) is 1.25. The van der Waals surface area contributed by atoms with Crippen LogP contribution in [-0.2, 0) is 4.79 Å². The molecule has 88 valence electrons. The minimum absolute atomic E-state index is 0.00988. The smallest absolute Gasteiger partial charge is 0.225 e. The molecule has 0 spiro atoms. The largest absolute Gasteiger partial charge is 0.349 e. The molecule has 0 fully saturated rings. The molecule has 0 heterocycles. The third-order valence-electron chi connectivity index (χ3n) is 2.40. The Morgan fingerprint density at radius 2 is 1.75 bits per heavy atom. The summed E-state index contributed by atoms with van der Waals surface area (Å²) in [6, 6.07) is 6.06. The molecule has 0 aromatic heterocycles. The van der Waals surface area contributed by atoms with Crippen LogP contribution in [0.25, 0.3) is 0 Å². The van der Waals surface area contributed by atoms with E-state index >= 15 is 0 Å². The number of halogens is 1. The van der Waals surface area contributed by atoms with Gasteiger partial charge in [0.25, 0.3) is 0 Å². The van der Waals surface area contributed by atoms with E-state index in [-0.39, 0.29) is 17.8 Å². The van der Waals surface area contributed by atoms with Crippen LogP contribution >= 0.6 is 0 Å². The first-order valence-corrected chi connectivity index (χ1v) is 5.37. The number of nitrogens with one attached hydrogen (secondary N) is 1. The second-order valence-corrected chi connectivity index (χ2v) is 5.00. The summed E-state index contributed by atoms with van der Waals surface area (Å²) in [6.07, 6.45) is 0. The second-order valence-electron chi connectivity index (χ2n) is 5.00. The van der Waals surface area contributed by atoms with Gasteiger partial charge in [0.05, 0.1) is 6.04 Å². The SMILES string of the molecule is C[C@H](NC(=O)C(C)(C)C)c1ccc(F)cc1. The minimum Gasteiger partial charge on any atom is -0.349 e. The highest BCUT2D eigenvalue weighted by Crippen LogP contribution is 2.18. The zero-order valence-electron chi connectivity index (χ0n) is 10.2. The summed E-state index contributed by atoms with van der Waals surface area (Å²) in [6.45, 7) is 7.47. The molecule has 3 heteroatoms. The lowest BCUT2D eigenvalue weighted by atomic mass is 9.95. The Balaban J connectivity index is 2.69. The van der Waals surface area contributed by atoms with Crippen LogP contribution in [0.1, 0.15) is 39.3 Å². The predicted octanol–water partition coefficient (Wildman–Crippen LogP) is 3.05. The van der Waals surface area contributed by atoms with E-state index in [0.29, 0.717) is 0 Å². The van der Waals surface area contributed by atoms with E-state index in [0.717, 1.165) is 5.56 Å². The third-order valence-corrected chi connectivity index (χ3v) is 2.40. The maximum absolute atomic E-state index is 12.7. The van der Waals surface area contributed by atoms with Gasteiger partial charge in [-0.3, -0.25) is 4.79 Å². The van der Waals surface area contributed by atoms with Crippen LogP contribution in [0.15, 0.2) is 24.3 Å². The van der Waals surface area contributed by atoms with Gasteiger partial charge in [0, 0.05) is 5.41 Å². The Labute approximate surface area is 95.9 Å². The van der Waals surface area contributed by atoms with Gasteiger partial charge in [-0.2, -0.15) is 0 Å². The van der Waals surface area contributed by atoms with Gasteiger partial charge in [-0.25, -0.2) is 4.39 Å². The third kappa shape index (κ3) is 3.33. The quantitative estimate of drug-likeness (QED) is 0.820. The van der Waals surface area contributed by atoms with Crippen molar-refractivity contribution in [3.8, 4) is 0 Å². The zero-order valence-corrected chi connectivity index (χ0v) is 10.2. The van der Waals surface area contributed by atoms with Gasteiger partial charge in [0.15, 0.2) is 0 Å². The van der Waals surface area contributed by atoms with E-state index in [1.807, 2.05) is 27.7 Å². The Bertz CT molecular complexity index is 365. The molecule has 0 bridgehead atoms. The lowest BCUT2D eigenvalue weighted by Gasteiger charge is -2.22. The first-order valence-electron chi connectivity index (χ1n) is 5.37. The maximum atomic E-state index is 12.7. The number of hydrogen-bond acceptors (Lipinski definition) is 1. The lowest BCUT2D eigenvalue weighted by molar-refractivity contribution is -0.129. The van der Waals surface area contributed by atoms with Crippen molar-refractivity contribution in [2.24, 2.45) is 5.41 Å². The molecule has 1 atom stereocenters. The summed E-state index contributed by atoms with van der Waals surface area (Å²) in [5.41, 5.74) is 0.493. The van der Waals surface area contributed by atoms with Gasteiger partial charge in [-0.05, 0) is 24.6 Å². The zero-order chi connectivity index (χ0) is 12.3. The molecule has 1 N–H and O–H groups in total. The summed E-state index contributed by atoms with van der Waals surface area (Å²) in [7, 11) is 0. The molecule has 0 saturated heterocycles. The standard InChI is InChI=1S/C13H18FNO/c1-9(15-12(16)13(2,3)4)10-5-7-11(14)8-6-10/h5-9H,1-4H3,(H,15,16)/t9-/m0/s1. The van der Waals surface area contributed by atoms with E-state index < -0.39 is 5.41 Å². The molecule has 1 aromatic rings. The van der Waals surface area contributed by atoms with E-state index in [1.165, 1.54) is 12.1 Å². The topological polar surface area (TPSA) is 29.1 Å². The Morgan fingerprint density at radius 3 is 2.19 bits per heavy atom. The number of carbonyl (C=O) groups is 1. The molecule has 1 rings (SSSR count). The number of benzene rings is 1. The molecule has 0 aliphatic rings. The fraction of sp³-hybridized carbons (Fsp3) is 0.462. The summed E-state index contributed by atoms with van der Waals surface area (Å²) < 4.78 is 12.7. The van der Waals surface area contributed by atoms with Crippen LogP contribution in [0.2, 0.25) is 0 Å². The van der Waals surface area contributed by atoms with Gasteiger partial charge in [-0.15, -0.1) is 0 Å². The van der Waals surface area contributed by atoms with Gasteiger partial charge in [0.2, 0.25) is 5.91 Å². The van der Waals surface area contributed by atoms with Crippen LogP contribution in [0.4, 0.5) is 4.39 Å². The highest BCUT2D eigenvalue weighted by Gasteiger charge is 2.22. The average molecular weight is 223 g/mol. The molecule has 16 heavy (non-hydrogen) atoms. The van der Waals surface area contributed by atoms with Crippen molar-refractivity contribution in [1.82, 2.24) is 5.32 Å². The van der Waals surface area contributed by atoms with E-state index in [4.69, 9.17) is 0 Å². The second kappa shape index (κ2) is 4.64. The summed E-state index contributed by atoms with van der Waals surface area (Å²) in [5, 5.41) is 2.89. The fourth-order valence-electron chi connectivity index (χ4n) is 1.25. The number of carbonyl (C=O) groups excluding carboxylic acids is 1. The van der Waals surface area contributed by atoms with Gasteiger partial charge >= 0.3 is 0 Å². The van der Waals surface area contributed by atoms with Crippen molar-refractivity contribution in [2.45, 2.75) is 33.7 Å². The number of amides is 1. The molecule has 0 aliphatic heterocycles. The molecular weight excluding hydrogens is 205 g/mol. The molecule has 1 amide bonds. The first-order chi connectivity index (χ1) is 7.30. The monoisotopic (exact) mass is 223 g/mol. The minimum atomic E-state index is -0.408. The molecule has 0 radical (unpaired) electrons. The Kier molecular flexibility index (Phi) is 3.68. The van der Waals surface area contributed by atoms with Crippen molar-refractivity contribution in [1.29, 1.82) is 0 Å². The van der Waals surface area contributed by atoms with Crippen LogP contribution < -0.4 is 5.32 Å². The highest BCUT2D eigenvalue weighted by atomic mass is 19.1. The van der Waals surface area contributed by atoms with Gasteiger partial charge < -0.3 is 5.32 Å². The molecule has 0 saturated carbocycles. The number of hydrogen-bond donors (Lipinski definition) is 1. The van der Waals surface area contributed by atoms with Crippen molar-refractivity contribution in [2.75, 3.05) is 0 Å². The first kappa shape index (κ1) is 12.7. The molecule has 2 nitrogen and oxygen atoms in total. The maximum Gasteiger partial charge on any atom is 0.225 e. The van der Waals surface area contributed by atoms with Crippen molar-refractivity contribution >= 4 is 5.91 Å². The summed E-state index contributed by atoms with van der Waals surface area (Å²) in [4.78, 5) is 11.7. The van der Waals surface area contributed by atoms with Crippen molar-refractivity contribution in [3.05, 3.63) is 35.6 Å². The van der Waals surface area contributed by atoms with Gasteiger partial charge in [-0.1, -0.05) is 32.9 Å². The highest BCUT2D eigenvalue weighted by molar-refractivity contribution is 5.81. The Morgan fingerprint density at radius 1 is 1.25 bits per heavy atom. The van der Waals surface area contributed by atoms with E-state index in [2.05, 4.69) is 5.32 Å². The van der Waals surface area contributed by atoms with Gasteiger partial charge in [0.1, 0.15) is 5.82 Å². The van der Waals surface area contributed by atoms with Crippen molar-refractivity contribution < 1.29 is 9.18 Å². The number of rotatable bonds is 2. The van der Waals surface area contributed by atoms with Crippen LogP contribution in [0, 0.1) is 11.2 Å². The van der Waals surface area contributed by atoms with Crippen LogP contribution in [0.5, 0.6) is 0 Å². The summed E-state index contributed by atoms with van der Waals surface area (Å²) in [5.74, 6) is -0.276. The molecule has 0 aliphatic carbocycles. The molecular formula is C13H18FNO. The van der Waals surface area contributed by atoms with Crippen molar-refractivity contribution in [3.63, 3.8) is 0 Å². The average Bonchev–Trinajstić information content (AvgIpc) is 2.17. The van der Waals surface area contributed by atoms with Crippen LogP contribution in [-0.4, -0.2) is 5.91 Å². The van der Waals surface area contributed by atoms with E-state index in [1.54, 1.807) is 12.1 Å². The molecule has 1 aromatic carbocycles. The Hall–Kier alpha value is -1.38.